The van der Waals surface area contributed by atoms with E-state index in [1.165, 1.54) is 0 Å². The monoisotopic (exact) mass is 264 g/mol. The van der Waals surface area contributed by atoms with E-state index in [4.69, 9.17) is 4.74 Å². The van der Waals surface area contributed by atoms with Gasteiger partial charge in [0.2, 0.25) is 0 Å². The van der Waals surface area contributed by atoms with Crippen LogP contribution in [0, 0.1) is 0 Å². The number of alkyl halides is 2. The zero-order valence-corrected chi connectivity index (χ0v) is 10.4. The summed E-state index contributed by atoms with van der Waals surface area (Å²) < 4.78 is 33.1. The number of ether oxygens (including phenoxy) is 2. The zero-order chi connectivity index (χ0) is 13.6. The largest absolute Gasteiger partial charge is 0.457 e. The number of rotatable bonds is 6. The minimum absolute atomic E-state index is 0.483. The second kappa shape index (κ2) is 6.66. The van der Waals surface area contributed by atoms with Crippen LogP contribution in [0.4, 0.5) is 8.78 Å². The molecule has 0 N–H and O–H groups in total. The van der Waals surface area contributed by atoms with E-state index in [2.05, 4.69) is 4.74 Å². The SMILES string of the molecule is CCCC1(OC(=O)COC(=O)C(F)F)CCCC1. The number of carbonyl (C=O) groups is 2. The Morgan fingerprint density at radius 2 is 1.89 bits per heavy atom. The van der Waals surface area contributed by atoms with Gasteiger partial charge in [-0.05, 0) is 32.1 Å². The highest BCUT2D eigenvalue weighted by Gasteiger charge is 2.37. The van der Waals surface area contributed by atoms with E-state index in [0.29, 0.717) is 0 Å². The molecule has 4 nitrogen and oxygen atoms in total. The molecule has 1 saturated carbocycles. The number of halogens is 2. The molecule has 18 heavy (non-hydrogen) atoms. The van der Waals surface area contributed by atoms with Crippen molar-refractivity contribution in [2.45, 2.75) is 57.5 Å². The van der Waals surface area contributed by atoms with Gasteiger partial charge in [0.1, 0.15) is 5.60 Å². The van der Waals surface area contributed by atoms with Gasteiger partial charge in [-0.2, -0.15) is 8.78 Å². The van der Waals surface area contributed by atoms with Crippen LogP contribution in [0.2, 0.25) is 0 Å². The first-order valence-electron chi connectivity index (χ1n) is 6.16. The van der Waals surface area contributed by atoms with Gasteiger partial charge >= 0.3 is 18.4 Å². The third kappa shape index (κ3) is 4.23. The minimum atomic E-state index is -3.21. The molecule has 0 aliphatic heterocycles. The quantitative estimate of drug-likeness (QED) is 0.691. The van der Waals surface area contributed by atoms with Crippen molar-refractivity contribution in [1.29, 1.82) is 0 Å². The molecule has 0 aromatic rings. The molecule has 0 saturated heterocycles. The average Bonchev–Trinajstić information content (AvgIpc) is 2.74. The molecule has 0 unspecified atom stereocenters. The van der Waals surface area contributed by atoms with Crippen LogP contribution in [0.3, 0.4) is 0 Å². The van der Waals surface area contributed by atoms with E-state index in [-0.39, 0.29) is 0 Å². The van der Waals surface area contributed by atoms with Crippen molar-refractivity contribution >= 4 is 11.9 Å². The van der Waals surface area contributed by atoms with Gasteiger partial charge in [-0.15, -0.1) is 0 Å². The smallest absolute Gasteiger partial charge is 0.374 e. The lowest BCUT2D eigenvalue weighted by Crippen LogP contribution is -2.34. The van der Waals surface area contributed by atoms with Gasteiger partial charge < -0.3 is 9.47 Å². The molecule has 1 rings (SSSR count). The van der Waals surface area contributed by atoms with Gasteiger partial charge in [0.25, 0.3) is 0 Å². The molecule has 6 heteroatoms. The second-order valence-corrected chi connectivity index (χ2v) is 4.52. The van der Waals surface area contributed by atoms with E-state index in [9.17, 15) is 18.4 Å². The van der Waals surface area contributed by atoms with Gasteiger partial charge in [-0.1, -0.05) is 13.3 Å². The molecule has 0 amide bonds. The Morgan fingerprint density at radius 3 is 2.39 bits per heavy atom. The molecule has 0 aromatic heterocycles. The molecule has 0 spiro atoms. The number of carbonyl (C=O) groups excluding carboxylic acids is 2. The topological polar surface area (TPSA) is 52.6 Å². The van der Waals surface area contributed by atoms with Crippen molar-refractivity contribution in [1.82, 2.24) is 0 Å². The van der Waals surface area contributed by atoms with Crippen LogP contribution in [0.15, 0.2) is 0 Å². The van der Waals surface area contributed by atoms with Crippen LogP contribution in [-0.4, -0.2) is 30.6 Å². The summed E-state index contributed by atoms with van der Waals surface area (Å²) in [6.07, 6.45) is 1.97. The Bertz CT molecular complexity index is 298. The highest BCUT2D eigenvalue weighted by Crippen LogP contribution is 2.37. The van der Waals surface area contributed by atoms with Crippen molar-refractivity contribution in [2.75, 3.05) is 6.61 Å². The first kappa shape index (κ1) is 14.9. The van der Waals surface area contributed by atoms with Crippen molar-refractivity contribution in [3.8, 4) is 0 Å². The lowest BCUT2D eigenvalue weighted by Gasteiger charge is -2.28. The predicted octanol–water partition coefficient (Wildman–Crippen LogP) is 2.45. The average molecular weight is 264 g/mol. The fraction of sp³-hybridized carbons (Fsp3) is 0.833. The number of esters is 2. The Kier molecular flexibility index (Phi) is 5.50. The van der Waals surface area contributed by atoms with Crippen LogP contribution < -0.4 is 0 Å². The third-order valence-electron chi connectivity index (χ3n) is 3.06. The maximum Gasteiger partial charge on any atom is 0.374 e. The van der Waals surface area contributed by atoms with Crippen LogP contribution in [0.1, 0.15) is 45.4 Å². The van der Waals surface area contributed by atoms with Gasteiger partial charge in [0, 0.05) is 0 Å². The maximum absolute atomic E-state index is 11.9. The summed E-state index contributed by atoms with van der Waals surface area (Å²) in [5.41, 5.74) is -0.483. The van der Waals surface area contributed by atoms with Crippen LogP contribution in [-0.2, 0) is 19.1 Å². The fourth-order valence-electron chi connectivity index (χ4n) is 2.34. The summed E-state index contributed by atoms with van der Waals surface area (Å²) in [7, 11) is 0. The summed E-state index contributed by atoms with van der Waals surface area (Å²) in [6, 6.07) is 0. The third-order valence-corrected chi connectivity index (χ3v) is 3.06. The molecule has 104 valence electrons. The second-order valence-electron chi connectivity index (χ2n) is 4.52. The van der Waals surface area contributed by atoms with Crippen molar-refractivity contribution in [2.24, 2.45) is 0 Å². The highest BCUT2D eigenvalue weighted by molar-refractivity contribution is 5.78. The van der Waals surface area contributed by atoms with E-state index < -0.39 is 30.6 Å². The van der Waals surface area contributed by atoms with Crippen LogP contribution in [0.5, 0.6) is 0 Å². The highest BCUT2D eigenvalue weighted by atomic mass is 19.3. The molecule has 0 heterocycles. The molecule has 0 aromatic carbocycles. The number of hydrogen-bond donors (Lipinski definition) is 0. The first-order chi connectivity index (χ1) is 8.49. The van der Waals surface area contributed by atoms with E-state index in [1.807, 2.05) is 6.92 Å². The Morgan fingerprint density at radius 1 is 1.28 bits per heavy atom. The Hall–Kier alpha value is -1.20. The van der Waals surface area contributed by atoms with Crippen molar-refractivity contribution in [3.05, 3.63) is 0 Å². The summed E-state index contributed by atoms with van der Waals surface area (Å²) in [6.45, 7) is 1.25. The Labute approximate surface area is 105 Å². The summed E-state index contributed by atoms with van der Waals surface area (Å²) >= 11 is 0. The van der Waals surface area contributed by atoms with Crippen molar-refractivity contribution in [3.63, 3.8) is 0 Å². The molecule has 0 radical (unpaired) electrons. The van der Waals surface area contributed by atoms with Gasteiger partial charge in [-0.3, -0.25) is 0 Å². The summed E-state index contributed by atoms with van der Waals surface area (Å²) in [5.74, 6) is -2.44. The number of hydrogen-bond acceptors (Lipinski definition) is 4. The molecule has 1 aliphatic carbocycles. The van der Waals surface area contributed by atoms with E-state index >= 15 is 0 Å². The first-order valence-corrected chi connectivity index (χ1v) is 6.16. The minimum Gasteiger partial charge on any atom is -0.457 e. The summed E-state index contributed by atoms with van der Waals surface area (Å²) in [4.78, 5) is 22.0. The predicted molar refractivity (Wildman–Crippen MR) is 59.2 cm³/mol. The molecule has 0 bridgehead atoms. The summed E-state index contributed by atoms with van der Waals surface area (Å²) in [5, 5.41) is 0. The zero-order valence-electron chi connectivity index (χ0n) is 10.4. The van der Waals surface area contributed by atoms with Crippen LogP contribution in [0.25, 0.3) is 0 Å². The fourth-order valence-corrected chi connectivity index (χ4v) is 2.34. The lowest BCUT2D eigenvalue weighted by atomic mass is 9.96. The molecular weight excluding hydrogens is 246 g/mol. The van der Waals surface area contributed by atoms with Crippen LogP contribution >= 0.6 is 0 Å². The lowest BCUT2D eigenvalue weighted by molar-refractivity contribution is -0.174. The molecule has 1 fully saturated rings. The maximum atomic E-state index is 11.9. The van der Waals surface area contributed by atoms with Gasteiger partial charge in [0.15, 0.2) is 6.61 Å². The van der Waals surface area contributed by atoms with Gasteiger partial charge in [-0.25, -0.2) is 9.59 Å². The normalized spacial score (nSPS) is 17.8. The van der Waals surface area contributed by atoms with E-state index in [0.717, 1.165) is 38.5 Å². The standard InChI is InChI=1S/C12H18F2O4/c1-2-5-12(6-3-4-7-12)18-9(15)8-17-11(16)10(13)14/h10H,2-8H2,1H3. The molecule has 1 aliphatic rings. The Balaban J connectivity index is 2.40. The van der Waals surface area contributed by atoms with Gasteiger partial charge in [0.05, 0.1) is 0 Å². The molecular formula is C12H18F2O4. The molecule has 0 atom stereocenters. The van der Waals surface area contributed by atoms with E-state index in [1.54, 1.807) is 0 Å². The van der Waals surface area contributed by atoms with Crippen molar-refractivity contribution < 1.29 is 27.8 Å².